The number of carbonyl (C=O) groups is 1. The van der Waals surface area contributed by atoms with Gasteiger partial charge in [-0.3, -0.25) is 9.72 Å². The minimum Gasteiger partial charge on any atom is -0.492 e. The minimum atomic E-state index is -0.239. The Morgan fingerprint density at radius 2 is 1.81 bits per heavy atom. The third kappa shape index (κ3) is 8.03. The number of rotatable bonds is 10. The second-order valence-corrected chi connectivity index (χ2v) is 14.5. The van der Waals surface area contributed by atoms with Gasteiger partial charge in [-0.15, -0.1) is 10.2 Å². The average Bonchev–Trinajstić information content (AvgIpc) is 3.67. The van der Waals surface area contributed by atoms with E-state index in [-0.39, 0.29) is 23.6 Å². The molecule has 12 nitrogen and oxygen atoms in total. The van der Waals surface area contributed by atoms with Crippen LogP contribution in [0.15, 0.2) is 48.7 Å². The van der Waals surface area contributed by atoms with Gasteiger partial charge < -0.3 is 24.6 Å². The summed E-state index contributed by atoms with van der Waals surface area (Å²) in [6.45, 7) is 11.0. The molecule has 6 rings (SSSR count). The van der Waals surface area contributed by atoms with Crippen molar-refractivity contribution in [3.8, 4) is 17.2 Å². The van der Waals surface area contributed by atoms with Crippen LogP contribution in [0.25, 0.3) is 11.3 Å². The number of fused-ring (bicyclic) bond motifs is 1. The van der Waals surface area contributed by atoms with Crippen LogP contribution in [0, 0.1) is 0 Å². The number of likely N-dealkylation sites (N-methyl/N-ethyl adjacent to an activating group) is 1. The summed E-state index contributed by atoms with van der Waals surface area (Å²) < 4.78 is 16.3. The van der Waals surface area contributed by atoms with E-state index < -0.39 is 0 Å². The fourth-order valence-corrected chi connectivity index (χ4v) is 6.46. The zero-order valence-corrected chi connectivity index (χ0v) is 29.3. The molecular formula is C36H51N9O3. The zero-order chi connectivity index (χ0) is 33.8. The molecule has 1 saturated carbocycles. The summed E-state index contributed by atoms with van der Waals surface area (Å²) in [4.78, 5) is 17.7. The number of pyridine rings is 1. The Bertz CT molecular complexity index is 1680. The lowest BCUT2D eigenvalue weighted by Gasteiger charge is -2.33. The van der Waals surface area contributed by atoms with Gasteiger partial charge in [0.2, 0.25) is 5.95 Å². The number of aromatic nitrogens is 5. The van der Waals surface area contributed by atoms with Gasteiger partial charge in [0.05, 0.1) is 23.7 Å². The number of urea groups is 1. The van der Waals surface area contributed by atoms with Crippen molar-refractivity contribution in [2.24, 2.45) is 0 Å². The van der Waals surface area contributed by atoms with Crippen molar-refractivity contribution >= 4 is 23.4 Å². The van der Waals surface area contributed by atoms with Crippen LogP contribution in [0.5, 0.6) is 11.5 Å². The number of benzene rings is 1. The molecule has 1 atom stereocenters. The van der Waals surface area contributed by atoms with E-state index in [9.17, 15) is 4.79 Å². The van der Waals surface area contributed by atoms with Gasteiger partial charge >= 0.3 is 6.03 Å². The molecule has 12 heteroatoms. The molecule has 2 N–H and O–H groups in total. The molecule has 0 spiro atoms. The van der Waals surface area contributed by atoms with Crippen LogP contribution in [-0.2, 0) is 5.41 Å². The topological polar surface area (TPSA) is 114 Å². The maximum absolute atomic E-state index is 13.3. The van der Waals surface area contributed by atoms with E-state index in [0.29, 0.717) is 18.5 Å². The third-order valence-electron chi connectivity index (χ3n) is 9.32. The molecule has 1 aliphatic heterocycles. The average molecular weight is 658 g/mol. The highest BCUT2D eigenvalue weighted by molar-refractivity contribution is 5.89. The van der Waals surface area contributed by atoms with Gasteiger partial charge in [0.1, 0.15) is 23.9 Å². The quantitative estimate of drug-likeness (QED) is 0.212. The van der Waals surface area contributed by atoms with E-state index in [1.165, 1.54) is 19.3 Å². The number of piperidine rings is 1. The van der Waals surface area contributed by atoms with Gasteiger partial charge in [-0.25, -0.2) is 9.48 Å². The summed E-state index contributed by atoms with van der Waals surface area (Å²) in [6, 6.07) is 14.0. The summed E-state index contributed by atoms with van der Waals surface area (Å²) >= 11 is 0. The molecule has 258 valence electrons. The SMILES string of the molecule is C[C@H]1CCCCN1c1nnc2ccc(OC3CCC(NC(=O)Nc4cc(C(C)(C)C)nn4-c4cccc(OCCN(C)C)c4)CC3)cn12. The van der Waals surface area contributed by atoms with Crippen molar-refractivity contribution in [1.82, 2.24) is 34.6 Å². The molecule has 4 aromatic rings. The highest BCUT2D eigenvalue weighted by Crippen LogP contribution is 2.30. The summed E-state index contributed by atoms with van der Waals surface area (Å²) in [7, 11) is 4.04. The van der Waals surface area contributed by atoms with E-state index >= 15 is 0 Å². The van der Waals surface area contributed by atoms with E-state index in [1.54, 1.807) is 4.68 Å². The number of ether oxygens (including phenoxy) is 2. The highest BCUT2D eigenvalue weighted by atomic mass is 16.5. The largest absolute Gasteiger partial charge is 0.492 e. The van der Waals surface area contributed by atoms with Crippen molar-refractivity contribution in [3.05, 3.63) is 54.4 Å². The van der Waals surface area contributed by atoms with E-state index in [4.69, 9.17) is 14.6 Å². The van der Waals surface area contributed by atoms with Crippen LogP contribution < -0.4 is 25.0 Å². The van der Waals surface area contributed by atoms with Gasteiger partial charge in [0, 0.05) is 42.7 Å². The van der Waals surface area contributed by atoms with Crippen LogP contribution in [0.2, 0.25) is 0 Å². The van der Waals surface area contributed by atoms with Gasteiger partial charge in [-0.05, 0) is 90.2 Å². The van der Waals surface area contributed by atoms with Crippen LogP contribution in [0.4, 0.5) is 16.6 Å². The predicted octanol–water partition coefficient (Wildman–Crippen LogP) is 6.04. The van der Waals surface area contributed by atoms with E-state index in [2.05, 4.69) is 62.7 Å². The number of carbonyl (C=O) groups excluding carboxylic acids is 1. The number of nitrogens with zero attached hydrogens (tertiary/aromatic N) is 7. The second kappa shape index (κ2) is 14.4. The molecule has 4 heterocycles. The van der Waals surface area contributed by atoms with Crippen LogP contribution >= 0.6 is 0 Å². The Morgan fingerprint density at radius 1 is 1.00 bits per heavy atom. The highest BCUT2D eigenvalue weighted by Gasteiger charge is 2.27. The van der Waals surface area contributed by atoms with E-state index in [0.717, 1.165) is 73.2 Å². The summed E-state index contributed by atoms with van der Waals surface area (Å²) in [5.74, 6) is 3.08. The molecular weight excluding hydrogens is 606 g/mol. The Kier molecular flexibility index (Phi) is 10.1. The van der Waals surface area contributed by atoms with Gasteiger partial charge in [-0.1, -0.05) is 26.8 Å². The molecule has 2 aliphatic rings. The number of hydrogen-bond donors (Lipinski definition) is 2. The Hall–Kier alpha value is -4.32. The Labute approximate surface area is 283 Å². The first-order valence-electron chi connectivity index (χ1n) is 17.4. The normalized spacial score (nSPS) is 20.2. The lowest BCUT2D eigenvalue weighted by Crippen LogP contribution is -2.42. The first-order valence-corrected chi connectivity index (χ1v) is 17.4. The Balaban J connectivity index is 1.06. The number of anilines is 2. The minimum absolute atomic E-state index is 0.0595. The predicted molar refractivity (Wildman–Crippen MR) is 189 cm³/mol. The summed E-state index contributed by atoms with van der Waals surface area (Å²) in [6.07, 6.45) is 9.08. The van der Waals surface area contributed by atoms with Crippen LogP contribution in [-0.4, -0.2) is 87.3 Å². The number of amides is 2. The van der Waals surface area contributed by atoms with Crippen LogP contribution in [0.1, 0.15) is 78.3 Å². The first kappa shape index (κ1) is 33.6. The van der Waals surface area contributed by atoms with Gasteiger partial charge in [0.15, 0.2) is 5.65 Å². The van der Waals surface area contributed by atoms with Crippen LogP contribution in [0.3, 0.4) is 0 Å². The number of hydrogen-bond acceptors (Lipinski definition) is 8. The third-order valence-corrected chi connectivity index (χ3v) is 9.32. The molecule has 3 aromatic heterocycles. The molecule has 48 heavy (non-hydrogen) atoms. The molecule has 0 unspecified atom stereocenters. The zero-order valence-electron chi connectivity index (χ0n) is 29.3. The summed E-state index contributed by atoms with van der Waals surface area (Å²) in [5.41, 5.74) is 2.34. The van der Waals surface area contributed by atoms with Crippen molar-refractivity contribution in [2.45, 2.75) is 96.2 Å². The lowest BCUT2D eigenvalue weighted by molar-refractivity contribution is 0.140. The maximum Gasteiger partial charge on any atom is 0.320 e. The monoisotopic (exact) mass is 657 g/mol. The van der Waals surface area contributed by atoms with Crippen molar-refractivity contribution in [2.75, 3.05) is 44.0 Å². The van der Waals surface area contributed by atoms with Gasteiger partial charge in [0.25, 0.3) is 0 Å². The maximum atomic E-state index is 13.3. The van der Waals surface area contributed by atoms with Crippen molar-refractivity contribution < 1.29 is 14.3 Å². The van der Waals surface area contributed by atoms with Gasteiger partial charge in [-0.2, -0.15) is 5.10 Å². The molecule has 1 aromatic carbocycles. The molecule has 0 bridgehead atoms. The lowest BCUT2D eigenvalue weighted by atomic mass is 9.92. The molecule has 2 amide bonds. The fourth-order valence-electron chi connectivity index (χ4n) is 6.46. The van der Waals surface area contributed by atoms with Crippen molar-refractivity contribution in [1.29, 1.82) is 0 Å². The standard InChI is InChI=1S/C36H51N9O3/c1-25-10-7-8-19-43(25)35-40-39-32-18-17-30(24-44(32)35)48-28-15-13-26(14-16-28)37-34(46)38-33-23-31(36(2,3)4)41-45(33)27-11-9-12-29(22-27)47-21-20-42(5)6/h9,11-12,17-18,22-26,28H,7-8,10,13-16,19-21H2,1-6H3,(H2,37,38,46)/t25-,26?,28?/m0/s1. The molecule has 0 radical (unpaired) electrons. The smallest absolute Gasteiger partial charge is 0.320 e. The first-order chi connectivity index (χ1) is 23.0. The van der Waals surface area contributed by atoms with Crippen molar-refractivity contribution in [3.63, 3.8) is 0 Å². The number of nitrogens with one attached hydrogen (secondary N) is 2. The Morgan fingerprint density at radius 3 is 2.56 bits per heavy atom. The molecule has 1 aliphatic carbocycles. The van der Waals surface area contributed by atoms with E-state index in [1.807, 2.05) is 62.8 Å². The second-order valence-electron chi connectivity index (χ2n) is 14.5. The molecule has 1 saturated heterocycles. The molecule has 2 fully saturated rings. The fraction of sp³-hybridized carbons (Fsp3) is 0.556. The summed E-state index contributed by atoms with van der Waals surface area (Å²) in [5, 5.41) is 20.1.